The molecule has 1 saturated heterocycles. The van der Waals surface area contributed by atoms with Gasteiger partial charge in [-0.25, -0.2) is 18.4 Å². The van der Waals surface area contributed by atoms with Gasteiger partial charge in [0.1, 0.15) is 11.6 Å². The molecule has 0 amide bonds. The molecule has 0 unspecified atom stereocenters. The average molecular weight is 457 g/mol. The molecule has 0 aliphatic carbocycles. The minimum Gasteiger partial charge on any atom is -0.352 e. The van der Waals surface area contributed by atoms with Crippen LogP contribution in [0, 0.1) is 6.92 Å². The van der Waals surface area contributed by atoms with Gasteiger partial charge in [-0.2, -0.15) is 4.31 Å². The summed E-state index contributed by atoms with van der Waals surface area (Å²) in [4.78, 5) is 10.8. The molecule has 0 aromatic carbocycles. The summed E-state index contributed by atoms with van der Waals surface area (Å²) in [6.45, 7) is 7.72. The van der Waals surface area contributed by atoms with Crippen LogP contribution in [0.5, 0.6) is 0 Å². The van der Waals surface area contributed by atoms with Crippen molar-refractivity contribution in [1.82, 2.24) is 29.0 Å². The topological polar surface area (TPSA) is 109 Å². The molecule has 0 atom stereocenters. The van der Waals surface area contributed by atoms with Crippen LogP contribution < -0.4 is 10.2 Å². The Hall–Kier alpha value is -3.05. The van der Waals surface area contributed by atoms with Gasteiger partial charge in [0.25, 0.3) is 10.0 Å². The molecule has 4 rings (SSSR count). The number of imidazole rings is 1. The zero-order valence-corrected chi connectivity index (χ0v) is 19.5. The zero-order chi connectivity index (χ0) is 22.9. The van der Waals surface area contributed by atoms with Crippen LogP contribution in [-0.2, 0) is 17.1 Å². The molecule has 0 spiro atoms. The maximum Gasteiger partial charge on any atom is 0.262 e. The fourth-order valence-electron chi connectivity index (χ4n) is 3.71. The molecule has 1 aliphatic rings. The van der Waals surface area contributed by atoms with Gasteiger partial charge in [-0.15, -0.1) is 10.2 Å². The lowest BCUT2D eigenvalue weighted by atomic mass is 10.2. The molecule has 4 heterocycles. The SMILES string of the molecule is Cc1cccc(Nc2ccc(N3CCN(S(=O)(=O)c4cn(C)c(C(C)C)n4)CC3)nn2)n1. The van der Waals surface area contributed by atoms with Crippen LogP contribution >= 0.6 is 0 Å². The largest absolute Gasteiger partial charge is 0.352 e. The van der Waals surface area contributed by atoms with Crippen LogP contribution in [0.3, 0.4) is 0 Å². The molecule has 0 bridgehead atoms. The number of sulfonamides is 1. The summed E-state index contributed by atoms with van der Waals surface area (Å²) in [5, 5.41) is 11.8. The first-order valence-electron chi connectivity index (χ1n) is 10.6. The van der Waals surface area contributed by atoms with Crippen molar-refractivity contribution in [2.24, 2.45) is 7.05 Å². The third-order valence-corrected chi connectivity index (χ3v) is 7.14. The molecule has 3 aromatic rings. The zero-order valence-electron chi connectivity index (χ0n) is 18.7. The highest BCUT2D eigenvalue weighted by atomic mass is 32.2. The van der Waals surface area contributed by atoms with Crippen molar-refractivity contribution in [2.45, 2.75) is 31.7 Å². The van der Waals surface area contributed by atoms with Gasteiger partial charge in [0, 0.05) is 51.0 Å². The summed E-state index contributed by atoms with van der Waals surface area (Å²) >= 11 is 0. The molecule has 0 radical (unpaired) electrons. The number of nitrogens with one attached hydrogen (secondary N) is 1. The van der Waals surface area contributed by atoms with Crippen molar-refractivity contribution in [3.8, 4) is 0 Å². The monoisotopic (exact) mass is 456 g/mol. The summed E-state index contributed by atoms with van der Waals surface area (Å²) in [6.07, 6.45) is 1.59. The van der Waals surface area contributed by atoms with Crippen molar-refractivity contribution in [3.05, 3.63) is 48.0 Å². The molecule has 10 nitrogen and oxygen atoms in total. The number of rotatable bonds is 6. The fraction of sp³-hybridized carbons (Fsp3) is 0.429. The number of nitrogens with zero attached hydrogens (tertiary/aromatic N) is 7. The van der Waals surface area contributed by atoms with Crippen molar-refractivity contribution in [2.75, 3.05) is 36.4 Å². The van der Waals surface area contributed by atoms with Gasteiger partial charge in [0.2, 0.25) is 0 Å². The lowest BCUT2D eigenvalue weighted by molar-refractivity contribution is 0.382. The number of hydrogen-bond donors (Lipinski definition) is 1. The van der Waals surface area contributed by atoms with Crippen LogP contribution in [-0.4, -0.2) is 63.6 Å². The molecule has 11 heteroatoms. The van der Waals surface area contributed by atoms with Crippen LogP contribution in [0.25, 0.3) is 0 Å². The first kappa shape index (κ1) is 22.2. The minimum atomic E-state index is -3.63. The number of piperazine rings is 1. The summed E-state index contributed by atoms with van der Waals surface area (Å²) in [6, 6.07) is 9.44. The number of anilines is 3. The van der Waals surface area contributed by atoms with Crippen molar-refractivity contribution < 1.29 is 8.42 Å². The van der Waals surface area contributed by atoms with E-state index in [9.17, 15) is 8.42 Å². The minimum absolute atomic E-state index is 0.108. The fourth-order valence-corrected chi connectivity index (χ4v) is 5.12. The molecule has 3 aromatic heterocycles. The number of hydrogen-bond acceptors (Lipinski definition) is 8. The third-order valence-electron chi connectivity index (χ3n) is 5.37. The highest BCUT2D eigenvalue weighted by molar-refractivity contribution is 7.89. The Morgan fingerprint density at radius 2 is 1.72 bits per heavy atom. The van der Waals surface area contributed by atoms with Gasteiger partial charge in [-0.05, 0) is 31.2 Å². The van der Waals surface area contributed by atoms with Crippen LogP contribution in [0.15, 0.2) is 41.6 Å². The Bertz CT molecular complexity index is 1180. The maximum absolute atomic E-state index is 13.1. The Morgan fingerprint density at radius 3 is 2.31 bits per heavy atom. The number of pyridine rings is 1. The number of aryl methyl sites for hydroxylation is 2. The smallest absolute Gasteiger partial charge is 0.262 e. The van der Waals surface area contributed by atoms with Crippen LogP contribution in [0.1, 0.15) is 31.3 Å². The molecule has 32 heavy (non-hydrogen) atoms. The van der Waals surface area contributed by atoms with Crippen molar-refractivity contribution >= 4 is 27.5 Å². The van der Waals surface area contributed by atoms with Crippen molar-refractivity contribution in [1.29, 1.82) is 0 Å². The van der Waals surface area contributed by atoms with Crippen molar-refractivity contribution in [3.63, 3.8) is 0 Å². The van der Waals surface area contributed by atoms with E-state index >= 15 is 0 Å². The highest BCUT2D eigenvalue weighted by Gasteiger charge is 2.31. The van der Waals surface area contributed by atoms with Gasteiger partial charge in [-0.1, -0.05) is 19.9 Å². The molecule has 1 fully saturated rings. The van der Waals surface area contributed by atoms with Crippen LogP contribution in [0.2, 0.25) is 0 Å². The van der Waals surface area contributed by atoms with E-state index in [1.54, 1.807) is 10.8 Å². The van der Waals surface area contributed by atoms with Gasteiger partial charge in [0.05, 0.1) is 0 Å². The molecular weight excluding hydrogens is 428 g/mol. The van der Waals surface area contributed by atoms with Gasteiger partial charge >= 0.3 is 0 Å². The van der Waals surface area contributed by atoms with Crippen LogP contribution in [0.4, 0.5) is 17.5 Å². The van der Waals surface area contributed by atoms with E-state index < -0.39 is 10.0 Å². The molecule has 1 aliphatic heterocycles. The Balaban J connectivity index is 1.39. The first-order chi connectivity index (χ1) is 15.2. The maximum atomic E-state index is 13.1. The predicted octanol–water partition coefficient (Wildman–Crippen LogP) is 2.29. The summed E-state index contributed by atoms with van der Waals surface area (Å²) in [7, 11) is -1.80. The Morgan fingerprint density at radius 1 is 0.969 bits per heavy atom. The average Bonchev–Trinajstić information content (AvgIpc) is 3.17. The predicted molar refractivity (Wildman–Crippen MR) is 123 cm³/mol. The highest BCUT2D eigenvalue weighted by Crippen LogP contribution is 2.22. The molecule has 1 N–H and O–H groups in total. The standard InChI is InChI=1S/C21H28N8O2S/c1-15(2)21-24-20(14-27(21)4)32(30,31)29-12-10-28(11-13-29)19-9-8-18(25-26-19)23-17-7-5-6-16(3)22-17/h5-9,14-15H,10-13H2,1-4H3,(H,22,23,25). The third kappa shape index (κ3) is 4.58. The molecular formula is C21H28N8O2S. The van der Waals surface area contributed by atoms with E-state index in [4.69, 9.17) is 0 Å². The van der Waals surface area contributed by atoms with E-state index in [0.717, 1.165) is 11.5 Å². The van der Waals surface area contributed by atoms with Gasteiger partial charge < -0.3 is 14.8 Å². The van der Waals surface area contributed by atoms with E-state index in [1.807, 2.05) is 63.1 Å². The normalized spacial score (nSPS) is 15.3. The lowest BCUT2D eigenvalue weighted by Gasteiger charge is -2.34. The van der Waals surface area contributed by atoms with E-state index in [-0.39, 0.29) is 10.9 Å². The molecule has 0 saturated carbocycles. The summed E-state index contributed by atoms with van der Waals surface area (Å²) < 4.78 is 29.4. The van der Waals surface area contributed by atoms with E-state index in [2.05, 4.69) is 25.5 Å². The summed E-state index contributed by atoms with van der Waals surface area (Å²) in [5.41, 5.74) is 0.915. The second-order valence-corrected chi connectivity index (χ2v) is 10.0. The Kier molecular flexibility index (Phi) is 6.11. The second kappa shape index (κ2) is 8.83. The van der Waals surface area contributed by atoms with E-state index in [1.165, 1.54) is 4.31 Å². The second-order valence-electron chi connectivity index (χ2n) is 8.16. The summed E-state index contributed by atoms with van der Waals surface area (Å²) in [5.74, 6) is 2.93. The first-order valence-corrected chi connectivity index (χ1v) is 12.0. The quantitative estimate of drug-likeness (QED) is 0.602. The van der Waals surface area contributed by atoms with E-state index in [0.29, 0.717) is 43.6 Å². The molecule has 170 valence electrons. The lowest BCUT2D eigenvalue weighted by Crippen LogP contribution is -2.49. The Labute approximate surface area is 188 Å². The number of aromatic nitrogens is 5. The van der Waals surface area contributed by atoms with Gasteiger partial charge in [0.15, 0.2) is 16.7 Å². The van der Waals surface area contributed by atoms with Gasteiger partial charge in [-0.3, -0.25) is 0 Å².